The number of oxime groups is 1. The molecule has 39 heavy (non-hydrogen) atoms. The predicted molar refractivity (Wildman–Crippen MR) is 141 cm³/mol. The maximum absolute atomic E-state index is 13.1. The summed E-state index contributed by atoms with van der Waals surface area (Å²) in [6.07, 6.45) is 1.33. The number of aromatic nitrogens is 3. The quantitative estimate of drug-likeness (QED) is 0.0796. The van der Waals surface area contributed by atoms with Crippen LogP contribution in [0.25, 0.3) is 0 Å². The number of β-lactam (4-membered cyclic amide) rings is 1. The molecule has 2 aromatic rings. The average molecular weight is 596 g/mol. The number of carboxylic acids is 2. The molecule has 18 heteroatoms. The Morgan fingerprint density at radius 2 is 2.10 bits per heavy atom. The zero-order valence-electron chi connectivity index (χ0n) is 20.2. The molecule has 2 aromatic heterocycles. The van der Waals surface area contributed by atoms with Crippen LogP contribution in [-0.4, -0.2) is 88.1 Å². The lowest BCUT2D eigenvalue weighted by molar-refractivity contribution is -0.161. The van der Waals surface area contributed by atoms with Crippen LogP contribution < -0.4 is 16.6 Å². The minimum absolute atomic E-state index is 0.00843. The normalized spacial score (nSPS) is 19.3. The number of amides is 2. The number of H-pyrrole nitrogens is 1. The molecule has 1 fully saturated rings. The second-order valence-corrected chi connectivity index (χ2v) is 11.5. The number of carbonyl (C=O) groups is 4. The van der Waals surface area contributed by atoms with Crippen molar-refractivity contribution in [3.63, 3.8) is 0 Å². The third kappa shape index (κ3) is 5.91. The number of carboxylic acid groups (broad SMARTS) is 2. The van der Waals surface area contributed by atoms with Gasteiger partial charge in [0.15, 0.2) is 16.0 Å². The molecule has 4 rings (SSSR count). The Hall–Kier alpha value is -3.90. The monoisotopic (exact) mass is 595 g/mol. The Bertz CT molecular complexity index is 1470. The Morgan fingerprint density at radius 3 is 2.72 bits per heavy atom. The molecule has 0 radical (unpaired) electrons. The van der Waals surface area contributed by atoms with Gasteiger partial charge in [-0.15, -0.1) is 23.1 Å². The first kappa shape index (κ1) is 28.1. The summed E-state index contributed by atoms with van der Waals surface area (Å²) in [7, 11) is 0. The number of aromatic amines is 1. The Labute approximate surface area is 231 Å². The van der Waals surface area contributed by atoms with Gasteiger partial charge in [-0.2, -0.15) is 0 Å². The van der Waals surface area contributed by atoms with Crippen molar-refractivity contribution in [1.82, 2.24) is 25.2 Å². The number of thiazole rings is 1. The zero-order chi connectivity index (χ0) is 28.5. The fourth-order valence-corrected chi connectivity index (χ4v) is 6.27. The highest BCUT2D eigenvalue weighted by atomic mass is 32.2. The fraction of sp³-hybridized carbons (Fsp3) is 0.333. The number of anilines is 1. The van der Waals surface area contributed by atoms with Crippen LogP contribution in [0.4, 0.5) is 5.13 Å². The van der Waals surface area contributed by atoms with Gasteiger partial charge in [-0.1, -0.05) is 16.9 Å². The number of nitrogens with zero attached hydrogens (tertiary/aromatic N) is 4. The minimum Gasteiger partial charge on any atom is -0.478 e. The van der Waals surface area contributed by atoms with Crippen LogP contribution in [-0.2, 0) is 24.0 Å². The first-order chi connectivity index (χ1) is 18.4. The van der Waals surface area contributed by atoms with Crippen LogP contribution in [0.1, 0.15) is 19.5 Å². The van der Waals surface area contributed by atoms with Gasteiger partial charge < -0.3 is 31.1 Å². The molecule has 0 bridgehead atoms. The number of fused-ring (bicyclic) bond motifs is 1. The topological polar surface area (TPSA) is 230 Å². The van der Waals surface area contributed by atoms with Crippen LogP contribution in [0, 0.1) is 0 Å². The van der Waals surface area contributed by atoms with Crippen molar-refractivity contribution in [1.29, 1.82) is 0 Å². The van der Waals surface area contributed by atoms with Crippen molar-refractivity contribution in [3.05, 3.63) is 45.0 Å². The highest BCUT2D eigenvalue weighted by molar-refractivity contribution is 8.01. The van der Waals surface area contributed by atoms with Crippen molar-refractivity contribution in [2.75, 3.05) is 17.2 Å². The highest BCUT2D eigenvalue weighted by Gasteiger charge is 2.54. The number of rotatable bonds is 10. The number of thioether (sulfide) groups is 2. The van der Waals surface area contributed by atoms with E-state index in [4.69, 9.17) is 10.6 Å². The molecule has 2 aliphatic rings. The van der Waals surface area contributed by atoms with Crippen LogP contribution in [0.3, 0.4) is 0 Å². The summed E-state index contributed by atoms with van der Waals surface area (Å²) in [4.78, 5) is 77.8. The summed E-state index contributed by atoms with van der Waals surface area (Å²) in [5, 5.41) is 26.5. The van der Waals surface area contributed by atoms with E-state index >= 15 is 0 Å². The number of nitrogens with one attached hydrogen (secondary N) is 2. The van der Waals surface area contributed by atoms with E-state index in [0.717, 1.165) is 28.0 Å². The number of nitrogens with two attached hydrogens (primary N) is 1. The van der Waals surface area contributed by atoms with Crippen LogP contribution in [0.15, 0.2) is 44.0 Å². The van der Waals surface area contributed by atoms with Crippen molar-refractivity contribution >= 4 is 69.5 Å². The molecule has 0 aromatic carbocycles. The molecule has 2 unspecified atom stereocenters. The SMILES string of the molecule is CC(C)(O/N=C(\C(=O)NC1C(=O)N2C(C(=O)O)=C(CSc3nccc(=O)[nH]3)CSC12)c1csc(N)n1)C(=O)O. The van der Waals surface area contributed by atoms with Crippen molar-refractivity contribution in [2.45, 2.75) is 36.0 Å². The van der Waals surface area contributed by atoms with E-state index in [9.17, 15) is 34.2 Å². The molecule has 15 nitrogen and oxygen atoms in total. The molecule has 0 spiro atoms. The van der Waals surface area contributed by atoms with Gasteiger partial charge in [0.1, 0.15) is 22.8 Å². The molecule has 1 saturated heterocycles. The Kier molecular flexibility index (Phi) is 7.98. The van der Waals surface area contributed by atoms with Gasteiger partial charge in [0.05, 0.1) is 0 Å². The third-order valence-corrected chi connectivity index (χ3v) is 8.41. The molecule has 2 amide bonds. The van der Waals surface area contributed by atoms with Gasteiger partial charge in [0, 0.05) is 29.1 Å². The zero-order valence-corrected chi connectivity index (χ0v) is 22.7. The molecule has 0 aliphatic carbocycles. The van der Waals surface area contributed by atoms with Gasteiger partial charge in [-0.05, 0) is 19.4 Å². The lowest BCUT2D eigenvalue weighted by Gasteiger charge is -2.49. The standard InChI is InChI=1S/C21H21N7O8S3/c1-21(2,18(34)35)36-27-11(9-7-38-19(22)24-9)14(30)26-12-15(31)28-13(17(32)33)8(5-37-16(12)28)6-39-20-23-4-3-10(29)25-20/h3-4,7,12,16H,5-6H2,1-2H3,(H2,22,24)(H,26,30)(H,32,33)(H,34,35)(H,23,25,29)/b27-11-. The maximum Gasteiger partial charge on any atom is 0.352 e. The van der Waals surface area contributed by atoms with Gasteiger partial charge in [0.2, 0.25) is 5.60 Å². The number of hydrogen-bond donors (Lipinski definition) is 5. The Balaban J connectivity index is 1.52. The highest BCUT2D eigenvalue weighted by Crippen LogP contribution is 2.41. The molecule has 206 valence electrons. The maximum atomic E-state index is 13.1. The number of nitrogen functional groups attached to an aromatic ring is 1. The predicted octanol–water partition coefficient (Wildman–Crippen LogP) is -0.0766. The molecule has 6 N–H and O–H groups in total. The minimum atomic E-state index is -1.77. The summed E-state index contributed by atoms with van der Waals surface area (Å²) >= 11 is 3.38. The number of hydrogen-bond acceptors (Lipinski definition) is 13. The van der Waals surface area contributed by atoms with E-state index < -0.39 is 46.5 Å². The largest absolute Gasteiger partial charge is 0.478 e. The number of carbonyl (C=O) groups excluding carboxylic acids is 2. The summed E-state index contributed by atoms with van der Waals surface area (Å²) in [5.41, 5.74) is 3.39. The van der Waals surface area contributed by atoms with E-state index in [1.54, 1.807) is 0 Å². The number of aliphatic carboxylic acids is 2. The molecule has 0 saturated carbocycles. The molecular formula is C21H21N7O8S3. The van der Waals surface area contributed by atoms with Crippen LogP contribution >= 0.6 is 34.9 Å². The second-order valence-electron chi connectivity index (χ2n) is 8.56. The fourth-order valence-electron chi connectivity index (χ4n) is 3.38. The third-order valence-electron chi connectivity index (χ3n) is 5.43. The van der Waals surface area contributed by atoms with E-state index in [-0.39, 0.29) is 33.6 Å². The van der Waals surface area contributed by atoms with E-state index in [0.29, 0.717) is 10.7 Å². The average Bonchev–Trinajstić information content (AvgIpc) is 3.30. The first-order valence-corrected chi connectivity index (χ1v) is 13.9. The molecule has 4 heterocycles. The van der Waals surface area contributed by atoms with Gasteiger partial charge in [-0.25, -0.2) is 19.6 Å². The van der Waals surface area contributed by atoms with Gasteiger partial charge >= 0.3 is 11.9 Å². The second kappa shape index (κ2) is 11.1. The first-order valence-electron chi connectivity index (χ1n) is 11.0. The molecule has 2 aliphatic heterocycles. The van der Waals surface area contributed by atoms with Gasteiger partial charge in [-0.3, -0.25) is 19.3 Å². The van der Waals surface area contributed by atoms with Crippen molar-refractivity contribution in [3.8, 4) is 0 Å². The Morgan fingerprint density at radius 1 is 1.36 bits per heavy atom. The van der Waals surface area contributed by atoms with Crippen LogP contribution in [0.5, 0.6) is 0 Å². The summed E-state index contributed by atoms with van der Waals surface area (Å²) < 4.78 is 0. The van der Waals surface area contributed by atoms with Crippen molar-refractivity contribution < 1.29 is 34.2 Å². The lowest BCUT2D eigenvalue weighted by atomic mass is 10.0. The molecular weight excluding hydrogens is 574 g/mol. The van der Waals surface area contributed by atoms with E-state index in [1.807, 2.05) is 0 Å². The van der Waals surface area contributed by atoms with E-state index in [2.05, 4.69) is 25.4 Å². The smallest absolute Gasteiger partial charge is 0.352 e. The van der Waals surface area contributed by atoms with Gasteiger partial charge in [0.25, 0.3) is 17.4 Å². The van der Waals surface area contributed by atoms with E-state index in [1.165, 1.54) is 43.3 Å². The summed E-state index contributed by atoms with van der Waals surface area (Å²) in [6.45, 7) is 2.47. The molecule has 2 atom stereocenters. The van der Waals surface area contributed by atoms with Crippen LogP contribution in [0.2, 0.25) is 0 Å². The summed E-state index contributed by atoms with van der Waals surface area (Å²) in [6, 6.07) is 0.158. The van der Waals surface area contributed by atoms with Crippen molar-refractivity contribution in [2.24, 2.45) is 5.16 Å². The lowest BCUT2D eigenvalue weighted by Crippen LogP contribution is -2.71. The summed E-state index contributed by atoms with van der Waals surface area (Å²) in [5.74, 6) is -3.78.